The molecule has 0 spiro atoms. The summed E-state index contributed by atoms with van der Waals surface area (Å²) in [5.74, 6) is 1.06. The number of hydrogen-bond donors (Lipinski definition) is 1. The Bertz CT molecular complexity index is 420. The first-order chi connectivity index (χ1) is 8.22. The van der Waals surface area contributed by atoms with Gasteiger partial charge in [-0.25, -0.2) is 0 Å². The van der Waals surface area contributed by atoms with Gasteiger partial charge in [0, 0.05) is 4.90 Å². The quantitative estimate of drug-likeness (QED) is 0.831. The summed E-state index contributed by atoms with van der Waals surface area (Å²) in [6, 6.07) is 10.2. The van der Waals surface area contributed by atoms with Crippen LogP contribution in [0, 0.1) is 16.7 Å². The van der Waals surface area contributed by atoms with E-state index in [2.05, 4.69) is 25.1 Å². The molecular weight excluding hydrogens is 232 g/mol. The Morgan fingerprint density at radius 3 is 2.53 bits per heavy atom. The van der Waals surface area contributed by atoms with Crippen LogP contribution in [0.1, 0.15) is 18.5 Å². The fourth-order valence-corrected chi connectivity index (χ4v) is 2.55. The van der Waals surface area contributed by atoms with Crippen LogP contribution in [0.3, 0.4) is 0 Å². The Kier molecular flexibility index (Phi) is 3.72. The molecule has 4 heteroatoms. The van der Waals surface area contributed by atoms with Crippen molar-refractivity contribution in [3.8, 4) is 6.07 Å². The lowest BCUT2D eigenvalue weighted by Crippen LogP contribution is -2.49. The van der Waals surface area contributed by atoms with E-state index in [9.17, 15) is 5.26 Å². The summed E-state index contributed by atoms with van der Waals surface area (Å²) in [6.07, 6.45) is 0. The van der Waals surface area contributed by atoms with E-state index in [1.54, 1.807) is 11.8 Å². The minimum absolute atomic E-state index is 0.262. The van der Waals surface area contributed by atoms with E-state index in [4.69, 9.17) is 10.5 Å². The second-order valence-corrected chi connectivity index (χ2v) is 5.58. The van der Waals surface area contributed by atoms with Crippen molar-refractivity contribution in [3.05, 3.63) is 29.8 Å². The van der Waals surface area contributed by atoms with Crippen LogP contribution < -0.4 is 5.73 Å². The number of nitrogens with zero attached hydrogens (tertiary/aromatic N) is 1. The normalized spacial score (nSPS) is 19.1. The Balaban J connectivity index is 2.14. The van der Waals surface area contributed by atoms with Gasteiger partial charge in [-0.3, -0.25) is 0 Å². The van der Waals surface area contributed by atoms with Crippen LogP contribution in [-0.2, 0) is 4.74 Å². The van der Waals surface area contributed by atoms with Gasteiger partial charge in [-0.2, -0.15) is 5.26 Å². The molecule has 1 atom stereocenters. The van der Waals surface area contributed by atoms with Gasteiger partial charge in [0.25, 0.3) is 0 Å². The Morgan fingerprint density at radius 2 is 2.12 bits per heavy atom. The number of ether oxygens (including phenoxy) is 1. The third-order valence-corrected chi connectivity index (χ3v) is 3.98. The second kappa shape index (κ2) is 5.09. The highest BCUT2D eigenvalue weighted by atomic mass is 32.2. The average Bonchev–Trinajstić information content (AvgIpc) is 2.29. The summed E-state index contributed by atoms with van der Waals surface area (Å²) in [6.45, 7) is 3.01. The van der Waals surface area contributed by atoms with E-state index in [-0.39, 0.29) is 6.04 Å². The minimum atomic E-state index is -0.528. The predicted molar refractivity (Wildman–Crippen MR) is 68.6 cm³/mol. The lowest BCUT2D eigenvalue weighted by molar-refractivity contribution is -0.0910. The highest BCUT2D eigenvalue weighted by Gasteiger charge is 2.45. The fraction of sp³-hybridized carbons (Fsp3) is 0.462. The van der Waals surface area contributed by atoms with Gasteiger partial charge >= 0.3 is 0 Å². The monoisotopic (exact) mass is 248 g/mol. The van der Waals surface area contributed by atoms with Gasteiger partial charge in [0.2, 0.25) is 0 Å². The summed E-state index contributed by atoms with van der Waals surface area (Å²) in [5, 5.41) is 9.19. The molecule has 2 N–H and O–H groups in total. The molecule has 1 aliphatic rings. The van der Waals surface area contributed by atoms with E-state index < -0.39 is 5.41 Å². The van der Waals surface area contributed by atoms with Crippen LogP contribution in [-0.4, -0.2) is 19.0 Å². The highest BCUT2D eigenvalue weighted by molar-refractivity contribution is 7.99. The molecule has 1 fully saturated rings. The van der Waals surface area contributed by atoms with Gasteiger partial charge in [0.15, 0.2) is 0 Å². The Morgan fingerprint density at radius 1 is 1.47 bits per heavy atom. The third kappa shape index (κ3) is 2.32. The molecule has 2 rings (SSSR count). The third-order valence-electron chi connectivity index (χ3n) is 3.09. The van der Waals surface area contributed by atoms with Crippen molar-refractivity contribution in [2.45, 2.75) is 17.9 Å². The topological polar surface area (TPSA) is 59.0 Å². The molecule has 0 aromatic heterocycles. The standard InChI is InChI=1S/C13H16N2OS/c1-2-17-11-5-3-10(4-6-11)12(15)13(7-14)8-16-9-13/h3-6,12H,2,8-9,15H2,1H3. The molecule has 1 heterocycles. The smallest absolute Gasteiger partial charge is 0.123 e. The zero-order valence-corrected chi connectivity index (χ0v) is 10.7. The maximum atomic E-state index is 9.19. The SMILES string of the molecule is CCSc1ccc(C(N)C2(C#N)COC2)cc1. The van der Waals surface area contributed by atoms with E-state index in [1.807, 2.05) is 12.1 Å². The number of nitrogens with two attached hydrogens (primary N) is 1. The highest BCUT2D eigenvalue weighted by Crippen LogP contribution is 2.38. The number of benzene rings is 1. The largest absolute Gasteiger partial charge is 0.378 e. The molecule has 1 aliphatic heterocycles. The van der Waals surface area contributed by atoms with Crippen molar-refractivity contribution in [3.63, 3.8) is 0 Å². The summed E-state index contributed by atoms with van der Waals surface area (Å²) >= 11 is 1.80. The zero-order valence-electron chi connectivity index (χ0n) is 9.85. The van der Waals surface area contributed by atoms with Crippen LogP contribution >= 0.6 is 11.8 Å². The molecule has 1 unspecified atom stereocenters. The molecule has 0 aliphatic carbocycles. The lowest BCUT2D eigenvalue weighted by Gasteiger charge is -2.39. The molecule has 3 nitrogen and oxygen atoms in total. The lowest BCUT2D eigenvalue weighted by atomic mass is 9.77. The Labute approximate surface area is 106 Å². The molecular formula is C13H16N2OS. The molecule has 0 amide bonds. The summed E-state index contributed by atoms with van der Waals surface area (Å²) < 4.78 is 5.13. The van der Waals surface area contributed by atoms with Gasteiger partial charge in [-0.15, -0.1) is 11.8 Å². The van der Waals surface area contributed by atoms with Crippen LogP contribution in [0.4, 0.5) is 0 Å². The first-order valence-corrected chi connectivity index (χ1v) is 6.68. The maximum Gasteiger partial charge on any atom is 0.123 e. The number of nitriles is 1. The van der Waals surface area contributed by atoms with Gasteiger partial charge in [0.1, 0.15) is 5.41 Å². The summed E-state index contributed by atoms with van der Waals surface area (Å²) in [7, 11) is 0. The number of hydrogen-bond acceptors (Lipinski definition) is 4. The van der Waals surface area contributed by atoms with Crippen LogP contribution in [0.15, 0.2) is 29.2 Å². The first-order valence-electron chi connectivity index (χ1n) is 5.69. The molecule has 90 valence electrons. The Hall–Kier alpha value is -1.02. The number of rotatable bonds is 4. The average molecular weight is 248 g/mol. The van der Waals surface area contributed by atoms with E-state index >= 15 is 0 Å². The molecule has 1 saturated heterocycles. The van der Waals surface area contributed by atoms with Crippen molar-refractivity contribution in [1.82, 2.24) is 0 Å². The fourth-order valence-electron chi connectivity index (χ4n) is 1.89. The van der Waals surface area contributed by atoms with Gasteiger partial charge in [0.05, 0.1) is 25.3 Å². The van der Waals surface area contributed by atoms with Crippen molar-refractivity contribution in [2.75, 3.05) is 19.0 Å². The molecule has 1 aromatic carbocycles. The summed E-state index contributed by atoms with van der Waals surface area (Å²) in [4.78, 5) is 1.24. The van der Waals surface area contributed by atoms with Crippen molar-refractivity contribution in [2.24, 2.45) is 11.1 Å². The van der Waals surface area contributed by atoms with Gasteiger partial charge in [-0.05, 0) is 23.4 Å². The second-order valence-electron chi connectivity index (χ2n) is 4.24. The van der Waals surface area contributed by atoms with Crippen LogP contribution in [0.25, 0.3) is 0 Å². The maximum absolute atomic E-state index is 9.19. The van der Waals surface area contributed by atoms with E-state index in [1.165, 1.54) is 4.90 Å². The molecule has 1 aromatic rings. The molecule has 0 radical (unpaired) electrons. The van der Waals surface area contributed by atoms with Crippen molar-refractivity contribution >= 4 is 11.8 Å². The predicted octanol–water partition coefficient (Wildman–Crippen LogP) is 2.34. The first kappa shape index (κ1) is 12.4. The van der Waals surface area contributed by atoms with Gasteiger partial charge < -0.3 is 10.5 Å². The molecule has 17 heavy (non-hydrogen) atoms. The van der Waals surface area contributed by atoms with E-state index in [0.717, 1.165) is 11.3 Å². The molecule has 0 bridgehead atoms. The molecule has 0 saturated carbocycles. The summed E-state index contributed by atoms with van der Waals surface area (Å²) in [5.41, 5.74) is 6.64. The van der Waals surface area contributed by atoms with Crippen LogP contribution in [0.2, 0.25) is 0 Å². The van der Waals surface area contributed by atoms with Crippen molar-refractivity contribution in [1.29, 1.82) is 5.26 Å². The minimum Gasteiger partial charge on any atom is -0.378 e. The zero-order chi connectivity index (χ0) is 12.3. The van der Waals surface area contributed by atoms with Crippen molar-refractivity contribution < 1.29 is 4.74 Å². The van der Waals surface area contributed by atoms with Gasteiger partial charge in [-0.1, -0.05) is 19.1 Å². The van der Waals surface area contributed by atoms with E-state index in [0.29, 0.717) is 13.2 Å². The number of thioether (sulfide) groups is 1. The van der Waals surface area contributed by atoms with Crippen LogP contribution in [0.5, 0.6) is 0 Å².